The minimum atomic E-state index is -1.33. The number of rotatable bonds is 19. The Hall–Kier alpha value is 0.507. The van der Waals surface area contributed by atoms with Crippen molar-refractivity contribution in [3.8, 4) is 0 Å². The van der Waals surface area contributed by atoms with Crippen molar-refractivity contribution in [1.29, 1.82) is 0 Å². The zero-order chi connectivity index (χ0) is 17.9. The minimum absolute atomic E-state index is 1.25. The van der Waals surface area contributed by atoms with Gasteiger partial charge in [-0.1, -0.05) is 124 Å². The Bertz CT molecular complexity index is 238. The molecule has 2 heteroatoms. The van der Waals surface area contributed by atoms with Crippen LogP contribution in [0.3, 0.4) is 0 Å². The SMILES string of the molecule is CCCCCCCCCCCCCCCCCC[Si](Cl)(CC)CC. The van der Waals surface area contributed by atoms with E-state index in [0.29, 0.717) is 0 Å². The quantitative estimate of drug-likeness (QED) is 0.120. The van der Waals surface area contributed by atoms with Crippen molar-refractivity contribution in [2.45, 2.75) is 142 Å². The summed E-state index contributed by atoms with van der Waals surface area (Å²) >= 11 is 6.71. The summed E-state index contributed by atoms with van der Waals surface area (Å²) in [7, 11) is -1.33. The molecule has 0 aliphatic rings. The van der Waals surface area contributed by atoms with E-state index in [9.17, 15) is 0 Å². The van der Waals surface area contributed by atoms with Crippen LogP contribution in [0.5, 0.6) is 0 Å². The first kappa shape index (κ1) is 24.5. The number of hydrogen-bond donors (Lipinski definition) is 0. The van der Waals surface area contributed by atoms with Gasteiger partial charge in [-0.3, -0.25) is 0 Å². The van der Waals surface area contributed by atoms with E-state index in [2.05, 4.69) is 20.8 Å². The highest BCUT2D eigenvalue weighted by atomic mass is 35.6. The fourth-order valence-corrected chi connectivity index (χ4v) is 6.09. The maximum atomic E-state index is 6.71. The lowest BCUT2D eigenvalue weighted by Crippen LogP contribution is -2.23. The summed E-state index contributed by atoms with van der Waals surface area (Å²) in [4.78, 5) is 0. The second-order valence-corrected chi connectivity index (χ2v) is 14.5. The molecule has 0 rings (SSSR count). The lowest BCUT2D eigenvalue weighted by molar-refractivity contribution is 0.531. The van der Waals surface area contributed by atoms with E-state index < -0.39 is 7.38 Å². The standard InChI is InChI=1S/C22H47ClSi/c1-4-7-8-9-10-11-12-13-14-15-16-17-18-19-20-21-22-24(23,5-2)6-3/h4-22H2,1-3H3. The molecular formula is C22H47ClSi. The highest BCUT2D eigenvalue weighted by Gasteiger charge is 2.24. The Morgan fingerprint density at radius 1 is 0.458 bits per heavy atom. The molecule has 0 amide bonds. The smallest absolute Gasteiger partial charge is 0.156 e. The van der Waals surface area contributed by atoms with Gasteiger partial charge in [0.25, 0.3) is 0 Å². The number of unbranched alkanes of at least 4 members (excludes halogenated alkanes) is 15. The molecule has 0 fully saturated rings. The molecule has 24 heavy (non-hydrogen) atoms. The van der Waals surface area contributed by atoms with Crippen LogP contribution in [0.25, 0.3) is 0 Å². The third-order valence-electron chi connectivity index (χ3n) is 5.75. The largest absolute Gasteiger partial charge is 0.167 e. The van der Waals surface area contributed by atoms with Crippen LogP contribution >= 0.6 is 11.1 Å². The second-order valence-electron chi connectivity index (χ2n) is 7.91. The van der Waals surface area contributed by atoms with E-state index in [1.165, 1.54) is 121 Å². The molecule has 0 radical (unpaired) electrons. The van der Waals surface area contributed by atoms with Crippen LogP contribution < -0.4 is 0 Å². The van der Waals surface area contributed by atoms with Gasteiger partial charge >= 0.3 is 0 Å². The molecule has 0 heterocycles. The lowest BCUT2D eigenvalue weighted by Gasteiger charge is -2.20. The third kappa shape index (κ3) is 16.0. The summed E-state index contributed by atoms with van der Waals surface area (Å²) in [6.07, 6.45) is 23.2. The fraction of sp³-hybridized carbons (Fsp3) is 1.00. The van der Waals surface area contributed by atoms with Crippen LogP contribution in [0.4, 0.5) is 0 Å². The van der Waals surface area contributed by atoms with Crippen molar-refractivity contribution >= 4 is 18.5 Å². The summed E-state index contributed by atoms with van der Waals surface area (Å²) in [6, 6.07) is 3.85. The predicted octanol–water partition coefficient (Wildman–Crippen LogP) is 9.47. The molecule has 0 nitrogen and oxygen atoms in total. The number of hydrogen-bond acceptors (Lipinski definition) is 0. The van der Waals surface area contributed by atoms with E-state index in [1.54, 1.807) is 0 Å². The zero-order valence-corrected chi connectivity index (χ0v) is 19.1. The van der Waals surface area contributed by atoms with E-state index in [4.69, 9.17) is 11.1 Å². The van der Waals surface area contributed by atoms with Crippen molar-refractivity contribution in [1.82, 2.24) is 0 Å². The molecule has 0 unspecified atom stereocenters. The van der Waals surface area contributed by atoms with Gasteiger partial charge in [0.05, 0.1) is 0 Å². The van der Waals surface area contributed by atoms with Crippen molar-refractivity contribution < 1.29 is 0 Å². The van der Waals surface area contributed by atoms with Gasteiger partial charge in [0.15, 0.2) is 7.38 Å². The normalized spacial score (nSPS) is 12.0. The fourth-order valence-electron chi connectivity index (χ4n) is 3.59. The van der Waals surface area contributed by atoms with E-state index >= 15 is 0 Å². The Kier molecular flexibility index (Phi) is 18.7. The van der Waals surface area contributed by atoms with Crippen molar-refractivity contribution in [2.24, 2.45) is 0 Å². The molecule has 0 aromatic carbocycles. The van der Waals surface area contributed by atoms with Gasteiger partial charge in [-0.15, -0.1) is 0 Å². The van der Waals surface area contributed by atoms with Gasteiger partial charge in [-0.25, -0.2) is 0 Å². The van der Waals surface area contributed by atoms with Crippen LogP contribution in [0.2, 0.25) is 18.1 Å². The molecule has 0 N–H and O–H groups in total. The highest BCUT2D eigenvalue weighted by Crippen LogP contribution is 2.27. The van der Waals surface area contributed by atoms with E-state index in [1.807, 2.05) is 0 Å². The maximum absolute atomic E-state index is 6.71. The highest BCUT2D eigenvalue weighted by molar-refractivity contribution is 7.20. The summed E-state index contributed by atoms with van der Waals surface area (Å²) < 4.78 is 0. The monoisotopic (exact) mass is 374 g/mol. The molecule has 0 aromatic rings. The summed E-state index contributed by atoms with van der Waals surface area (Å²) in [6.45, 7) is 6.87. The Balaban J connectivity index is 3.13. The van der Waals surface area contributed by atoms with Crippen LogP contribution in [0, 0.1) is 0 Å². The van der Waals surface area contributed by atoms with Crippen molar-refractivity contribution in [2.75, 3.05) is 0 Å². The van der Waals surface area contributed by atoms with Gasteiger partial charge in [0.2, 0.25) is 0 Å². The molecule has 0 saturated heterocycles. The molecule has 0 aromatic heterocycles. The van der Waals surface area contributed by atoms with Gasteiger partial charge in [-0.2, -0.15) is 11.1 Å². The molecule has 0 aliphatic heterocycles. The van der Waals surface area contributed by atoms with E-state index in [0.717, 1.165) is 0 Å². The maximum Gasteiger partial charge on any atom is 0.156 e. The average Bonchev–Trinajstić information content (AvgIpc) is 2.61. The summed E-state index contributed by atoms with van der Waals surface area (Å²) in [5.41, 5.74) is 0. The first-order chi connectivity index (χ1) is 11.7. The lowest BCUT2D eigenvalue weighted by atomic mass is 10.0. The van der Waals surface area contributed by atoms with Gasteiger partial charge in [0.1, 0.15) is 0 Å². The molecule has 0 atom stereocenters. The minimum Gasteiger partial charge on any atom is -0.167 e. The van der Waals surface area contributed by atoms with E-state index in [-0.39, 0.29) is 0 Å². The molecule has 0 aliphatic carbocycles. The van der Waals surface area contributed by atoms with Crippen molar-refractivity contribution in [3.05, 3.63) is 0 Å². The van der Waals surface area contributed by atoms with Crippen LogP contribution in [-0.2, 0) is 0 Å². The molecule has 0 bridgehead atoms. The zero-order valence-electron chi connectivity index (χ0n) is 17.3. The molecule has 0 saturated carbocycles. The first-order valence-electron chi connectivity index (χ1n) is 11.4. The van der Waals surface area contributed by atoms with Crippen LogP contribution in [-0.4, -0.2) is 7.38 Å². The van der Waals surface area contributed by atoms with Crippen LogP contribution in [0.15, 0.2) is 0 Å². The average molecular weight is 375 g/mol. The summed E-state index contributed by atoms with van der Waals surface area (Å²) in [5.74, 6) is 0. The predicted molar refractivity (Wildman–Crippen MR) is 117 cm³/mol. The topological polar surface area (TPSA) is 0 Å². The first-order valence-corrected chi connectivity index (χ1v) is 15.0. The van der Waals surface area contributed by atoms with Gasteiger partial charge in [0, 0.05) is 0 Å². The van der Waals surface area contributed by atoms with Crippen LogP contribution in [0.1, 0.15) is 124 Å². The van der Waals surface area contributed by atoms with Crippen molar-refractivity contribution in [3.63, 3.8) is 0 Å². The van der Waals surface area contributed by atoms with Gasteiger partial charge in [-0.05, 0) is 18.1 Å². The molecular weight excluding hydrogens is 328 g/mol. The Labute approximate surface area is 160 Å². The third-order valence-corrected chi connectivity index (χ3v) is 11.7. The Morgan fingerprint density at radius 2 is 0.750 bits per heavy atom. The van der Waals surface area contributed by atoms with Gasteiger partial charge < -0.3 is 0 Å². The Morgan fingerprint density at radius 3 is 1.04 bits per heavy atom. The number of halogens is 1. The molecule has 0 spiro atoms. The molecule has 146 valence electrons. The second kappa shape index (κ2) is 18.3. The summed E-state index contributed by atoms with van der Waals surface area (Å²) in [5, 5.41) is 0.